The van der Waals surface area contributed by atoms with E-state index in [0.717, 1.165) is 44.2 Å². The quantitative estimate of drug-likeness (QED) is 0.120. The summed E-state index contributed by atoms with van der Waals surface area (Å²) < 4.78 is 4.43. The monoisotopic (exact) mass is 685 g/mol. The maximum atomic E-state index is 6.41. The summed E-state index contributed by atoms with van der Waals surface area (Å²) in [6.07, 6.45) is 7.44. The number of unbranched alkanes of at least 4 members (excludes halogenated alkanes) is 5. The normalized spacial score (nSPS) is 11.6. The molecule has 0 unspecified atom stereocenters. The molecule has 0 radical (unpaired) electrons. The molecule has 0 aliphatic rings. The van der Waals surface area contributed by atoms with Crippen molar-refractivity contribution in [2.75, 3.05) is 11.5 Å². The Balaban J connectivity index is 1.69. The highest BCUT2D eigenvalue weighted by Crippen LogP contribution is 2.43. The molecule has 4 N–H and O–H groups in total. The lowest BCUT2D eigenvalue weighted by Gasteiger charge is -2.13. The van der Waals surface area contributed by atoms with E-state index in [1.165, 1.54) is 53.9 Å². The first-order chi connectivity index (χ1) is 18.8. The van der Waals surface area contributed by atoms with Gasteiger partial charge in [0.15, 0.2) is 0 Å². The molecule has 1 aromatic heterocycles. The van der Waals surface area contributed by atoms with Gasteiger partial charge >= 0.3 is 0 Å². The average molecular weight is 688 g/mol. The lowest BCUT2D eigenvalue weighted by Crippen LogP contribution is -1.99. The van der Waals surface area contributed by atoms with Crippen LogP contribution in [-0.4, -0.2) is 4.57 Å². The van der Waals surface area contributed by atoms with Crippen molar-refractivity contribution in [1.82, 2.24) is 4.57 Å². The fourth-order valence-corrected chi connectivity index (χ4v) is 6.87. The molecule has 0 bridgehead atoms. The van der Waals surface area contributed by atoms with E-state index in [2.05, 4.69) is 67.6 Å². The van der Waals surface area contributed by atoms with Crippen LogP contribution in [0.25, 0.3) is 44.1 Å². The first-order valence-corrected chi connectivity index (χ1v) is 15.7. The van der Waals surface area contributed by atoms with Crippen LogP contribution >= 0.6 is 55.1 Å². The molecule has 0 spiro atoms. The van der Waals surface area contributed by atoms with Crippen LogP contribution in [0.15, 0.2) is 69.6 Å². The zero-order chi connectivity index (χ0) is 27.7. The lowest BCUT2D eigenvalue weighted by atomic mass is 10.00. The molecular formula is C32H31Br2Cl2N3. The number of halogens is 4. The van der Waals surface area contributed by atoms with Crippen molar-refractivity contribution >= 4 is 88.2 Å². The SMILES string of the molecule is CCCCCCCCn1c2cc(-c3ccc(Cl)cc3N)c(Br)cc2c2cc(Br)c(-c3ccc(Cl)cc3N)cc21. The number of rotatable bonds is 9. The van der Waals surface area contributed by atoms with Crippen molar-refractivity contribution in [3.8, 4) is 22.3 Å². The summed E-state index contributed by atoms with van der Waals surface area (Å²) in [6, 6.07) is 20.3. The van der Waals surface area contributed by atoms with Crippen LogP contribution in [0.1, 0.15) is 45.4 Å². The van der Waals surface area contributed by atoms with Gasteiger partial charge in [-0.3, -0.25) is 0 Å². The van der Waals surface area contributed by atoms with Crippen molar-refractivity contribution in [3.63, 3.8) is 0 Å². The molecule has 202 valence electrons. The second kappa shape index (κ2) is 12.1. The van der Waals surface area contributed by atoms with Crippen LogP contribution in [0, 0.1) is 0 Å². The standard InChI is InChI=1S/C32H31Br2Cl2N3/c1-2-3-4-5-6-7-12-39-31-17-23(21-10-8-19(35)13-29(21)37)27(33)15-25(31)26-16-28(34)24(18-32(26)39)22-11-9-20(36)14-30(22)38/h8-11,13-18H,2-7,12,37-38H2,1H3. The predicted molar refractivity (Wildman–Crippen MR) is 178 cm³/mol. The highest BCUT2D eigenvalue weighted by molar-refractivity contribution is 9.11. The van der Waals surface area contributed by atoms with Gasteiger partial charge in [-0.15, -0.1) is 0 Å². The van der Waals surface area contributed by atoms with Crippen molar-refractivity contribution < 1.29 is 0 Å². The summed E-state index contributed by atoms with van der Waals surface area (Å²) in [5.74, 6) is 0. The Morgan fingerprint density at radius 1 is 0.615 bits per heavy atom. The van der Waals surface area contributed by atoms with Crippen LogP contribution in [0.4, 0.5) is 11.4 Å². The van der Waals surface area contributed by atoms with Crippen LogP contribution in [-0.2, 0) is 6.54 Å². The smallest absolute Gasteiger partial charge is 0.0498 e. The van der Waals surface area contributed by atoms with Gasteiger partial charge in [0.05, 0.1) is 0 Å². The molecule has 3 nitrogen and oxygen atoms in total. The highest BCUT2D eigenvalue weighted by Gasteiger charge is 2.18. The molecule has 0 atom stereocenters. The van der Waals surface area contributed by atoms with Gasteiger partial charge in [-0.05, 0) is 55.0 Å². The zero-order valence-electron chi connectivity index (χ0n) is 21.8. The van der Waals surface area contributed by atoms with Gasteiger partial charge < -0.3 is 16.0 Å². The molecule has 0 aliphatic heterocycles. The number of aryl methyl sites for hydroxylation is 1. The Hall–Kier alpha value is -2.18. The first-order valence-electron chi connectivity index (χ1n) is 13.3. The molecule has 0 aliphatic carbocycles. The van der Waals surface area contributed by atoms with Crippen molar-refractivity contribution in [2.45, 2.75) is 52.0 Å². The summed E-state index contributed by atoms with van der Waals surface area (Å²) in [6.45, 7) is 3.19. The van der Waals surface area contributed by atoms with E-state index in [4.69, 9.17) is 34.7 Å². The molecule has 0 amide bonds. The van der Waals surface area contributed by atoms with Crippen molar-refractivity contribution in [2.24, 2.45) is 0 Å². The minimum Gasteiger partial charge on any atom is -0.398 e. The number of aromatic nitrogens is 1. The van der Waals surface area contributed by atoms with E-state index >= 15 is 0 Å². The molecule has 0 saturated heterocycles. The molecule has 0 saturated carbocycles. The predicted octanol–water partition coefficient (Wildman–Crippen LogP) is 11.5. The molecule has 4 aromatic carbocycles. The Morgan fingerprint density at radius 3 is 1.54 bits per heavy atom. The van der Waals surface area contributed by atoms with E-state index in [1.54, 1.807) is 12.1 Å². The number of anilines is 2. The fourth-order valence-electron chi connectivity index (χ4n) is 5.39. The van der Waals surface area contributed by atoms with Crippen LogP contribution in [0.2, 0.25) is 10.0 Å². The molecule has 7 heteroatoms. The van der Waals surface area contributed by atoms with Crippen molar-refractivity contribution in [3.05, 3.63) is 79.7 Å². The Bertz CT molecular complexity index is 1560. The van der Waals surface area contributed by atoms with Gasteiger partial charge in [-0.25, -0.2) is 0 Å². The molecule has 1 heterocycles. The Morgan fingerprint density at radius 2 is 1.08 bits per heavy atom. The van der Waals surface area contributed by atoms with Crippen LogP contribution < -0.4 is 11.5 Å². The average Bonchev–Trinajstić information content (AvgIpc) is 3.17. The van der Waals surface area contributed by atoms with Gasteiger partial charge in [-0.1, -0.05) is 106 Å². The molecule has 39 heavy (non-hydrogen) atoms. The van der Waals surface area contributed by atoms with Gasteiger partial charge in [0.2, 0.25) is 0 Å². The van der Waals surface area contributed by atoms with Gasteiger partial charge in [0.1, 0.15) is 0 Å². The van der Waals surface area contributed by atoms with Crippen molar-refractivity contribution in [1.29, 1.82) is 0 Å². The van der Waals surface area contributed by atoms with E-state index < -0.39 is 0 Å². The molecule has 5 rings (SSSR count). The van der Waals surface area contributed by atoms with E-state index in [-0.39, 0.29) is 0 Å². The van der Waals surface area contributed by atoms with Crippen LogP contribution in [0.5, 0.6) is 0 Å². The molecule has 0 fully saturated rings. The van der Waals surface area contributed by atoms with Gasteiger partial charge in [0, 0.05) is 81.0 Å². The summed E-state index contributed by atoms with van der Waals surface area (Å²) in [5.41, 5.74) is 20.5. The number of benzene rings is 4. The van der Waals surface area contributed by atoms with Gasteiger partial charge in [-0.2, -0.15) is 0 Å². The number of hydrogen-bond acceptors (Lipinski definition) is 2. The fraction of sp³-hybridized carbons (Fsp3) is 0.250. The third-order valence-electron chi connectivity index (χ3n) is 7.39. The Kier molecular flexibility index (Phi) is 8.82. The Labute approximate surface area is 256 Å². The van der Waals surface area contributed by atoms with E-state index in [0.29, 0.717) is 21.4 Å². The maximum absolute atomic E-state index is 6.41. The topological polar surface area (TPSA) is 57.0 Å². The maximum Gasteiger partial charge on any atom is 0.0498 e. The highest BCUT2D eigenvalue weighted by atomic mass is 79.9. The molecular weight excluding hydrogens is 657 g/mol. The second-order valence-electron chi connectivity index (χ2n) is 10.1. The third-order valence-corrected chi connectivity index (χ3v) is 9.17. The largest absolute Gasteiger partial charge is 0.398 e. The minimum absolute atomic E-state index is 0.629. The first kappa shape index (κ1) is 28.4. The lowest BCUT2D eigenvalue weighted by molar-refractivity contribution is 0.571. The summed E-state index contributed by atoms with van der Waals surface area (Å²) in [5, 5.41) is 3.64. The van der Waals surface area contributed by atoms with Gasteiger partial charge in [0.25, 0.3) is 0 Å². The number of fused-ring (bicyclic) bond motifs is 3. The summed E-state index contributed by atoms with van der Waals surface area (Å²) in [4.78, 5) is 0. The number of hydrogen-bond donors (Lipinski definition) is 2. The number of nitrogens with zero attached hydrogens (tertiary/aromatic N) is 1. The van der Waals surface area contributed by atoms with E-state index in [1.807, 2.05) is 24.3 Å². The molecule has 5 aromatic rings. The summed E-state index contributed by atoms with van der Waals surface area (Å²) >= 11 is 20.1. The summed E-state index contributed by atoms with van der Waals surface area (Å²) in [7, 11) is 0. The zero-order valence-corrected chi connectivity index (χ0v) is 26.5. The number of nitrogen functional groups attached to an aromatic ring is 2. The minimum atomic E-state index is 0.629. The van der Waals surface area contributed by atoms with Crippen LogP contribution in [0.3, 0.4) is 0 Å². The third kappa shape index (κ3) is 5.83. The van der Waals surface area contributed by atoms with E-state index in [9.17, 15) is 0 Å². The number of nitrogens with two attached hydrogens (primary N) is 2. The second-order valence-corrected chi connectivity index (χ2v) is 12.7.